The number of ether oxygens (including phenoxy) is 1. The number of piperidine rings is 1. The first-order valence-electron chi connectivity index (χ1n) is 7.80. The molecular formula is C18H25NO3. The monoisotopic (exact) mass is 303 g/mol. The van der Waals surface area contributed by atoms with Crippen LogP contribution in [0.4, 0.5) is 0 Å². The van der Waals surface area contributed by atoms with Gasteiger partial charge in [-0.25, -0.2) is 0 Å². The minimum absolute atomic E-state index is 0.00230. The first kappa shape index (κ1) is 16.7. The van der Waals surface area contributed by atoms with E-state index >= 15 is 0 Å². The lowest BCUT2D eigenvalue weighted by molar-refractivity contribution is -0.140. The molecule has 120 valence electrons. The fraction of sp³-hybridized carbons (Fsp3) is 0.500. The van der Waals surface area contributed by atoms with Crippen molar-refractivity contribution in [1.29, 1.82) is 0 Å². The molecule has 4 nitrogen and oxygen atoms in total. The van der Waals surface area contributed by atoms with Gasteiger partial charge < -0.3 is 14.7 Å². The first-order valence-corrected chi connectivity index (χ1v) is 7.80. The van der Waals surface area contributed by atoms with Crippen LogP contribution in [-0.4, -0.2) is 42.2 Å². The fourth-order valence-corrected chi connectivity index (χ4v) is 3.01. The highest BCUT2D eigenvalue weighted by Crippen LogP contribution is 2.33. The van der Waals surface area contributed by atoms with E-state index < -0.39 is 0 Å². The van der Waals surface area contributed by atoms with Gasteiger partial charge in [-0.1, -0.05) is 36.4 Å². The molecule has 0 spiro atoms. The van der Waals surface area contributed by atoms with Gasteiger partial charge in [0.1, 0.15) is 6.61 Å². The van der Waals surface area contributed by atoms with E-state index in [1.165, 1.54) is 0 Å². The van der Waals surface area contributed by atoms with Gasteiger partial charge in [0.25, 0.3) is 0 Å². The van der Waals surface area contributed by atoms with Crippen molar-refractivity contribution in [2.75, 3.05) is 26.3 Å². The summed E-state index contributed by atoms with van der Waals surface area (Å²) in [7, 11) is 0. The lowest BCUT2D eigenvalue weighted by atomic mass is 9.78. The number of aliphatic hydroxyl groups excluding tert-OH is 1. The zero-order valence-electron chi connectivity index (χ0n) is 13.0. The summed E-state index contributed by atoms with van der Waals surface area (Å²) < 4.78 is 5.52. The number of benzene rings is 1. The predicted octanol–water partition coefficient (Wildman–Crippen LogP) is 2.38. The van der Waals surface area contributed by atoms with Crippen molar-refractivity contribution in [2.24, 2.45) is 5.41 Å². The van der Waals surface area contributed by atoms with E-state index in [9.17, 15) is 9.90 Å². The molecule has 0 bridgehead atoms. The van der Waals surface area contributed by atoms with Crippen LogP contribution in [0.15, 0.2) is 43.0 Å². The molecule has 1 N–H and O–H groups in total. The van der Waals surface area contributed by atoms with E-state index in [1.54, 1.807) is 0 Å². The number of rotatable bonds is 7. The zero-order valence-corrected chi connectivity index (χ0v) is 13.0. The molecule has 1 aliphatic heterocycles. The molecule has 1 amide bonds. The highest BCUT2D eigenvalue weighted by atomic mass is 16.5. The largest absolute Gasteiger partial charge is 0.396 e. The van der Waals surface area contributed by atoms with Crippen molar-refractivity contribution in [3.05, 3.63) is 48.6 Å². The molecule has 1 fully saturated rings. The van der Waals surface area contributed by atoms with Gasteiger partial charge in [0.2, 0.25) is 5.91 Å². The summed E-state index contributed by atoms with van der Waals surface area (Å²) in [5.74, 6) is -0.00230. The number of carbonyl (C=O) groups is 1. The van der Waals surface area contributed by atoms with Gasteiger partial charge in [0, 0.05) is 18.5 Å². The number of hydrogen-bond acceptors (Lipinski definition) is 3. The van der Waals surface area contributed by atoms with Gasteiger partial charge in [0.15, 0.2) is 0 Å². The molecule has 4 heteroatoms. The number of amides is 1. The molecule has 2 rings (SSSR count). The molecule has 0 aromatic heterocycles. The molecule has 1 heterocycles. The van der Waals surface area contributed by atoms with E-state index in [4.69, 9.17) is 4.74 Å². The maximum absolute atomic E-state index is 12.3. The van der Waals surface area contributed by atoms with Crippen molar-refractivity contribution in [3.8, 4) is 0 Å². The van der Waals surface area contributed by atoms with Crippen molar-refractivity contribution >= 4 is 5.91 Å². The lowest BCUT2D eigenvalue weighted by Crippen LogP contribution is -2.48. The molecule has 0 radical (unpaired) electrons. The maximum atomic E-state index is 12.3. The van der Waals surface area contributed by atoms with Crippen molar-refractivity contribution < 1.29 is 14.6 Å². The van der Waals surface area contributed by atoms with Gasteiger partial charge in [-0.2, -0.15) is 0 Å². The predicted molar refractivity (Wildman–Crippen MR) is 86.2 cm³/mol. The molecule has 1 aromatic carbocycles. The normalized spacial score (nSPS) is 21.6. The van der Waals surface area contributed by atoms with Crippen LogP contribution in [0.5, 0.6) is 0 Å². The summed E-state index contributed by atoms with van der Waals surface area (Å²) in [4.78, 5) is 14.1. The minimum Gasteiger partial charge on any atom is -0.396 e. The Morgan fingerprint density at radius 1 is 1.41 bits per heavy atom. The summed E-state index contributed by atoms with van der Waals surface area (Å²) in [6.45, 7) is 5.71. The van der Waals surface area contributed by atoms with Crippen LogP contribution in [0.1, 0.15) is 24.8 Å². The highest BCUT2D eigenvalue weighted by Gasteiger charge is 2.35. The third-order valence-corrected chi connectivity index (χ3v) is 4.26. The van der Waals surface area contributed by atoms with Crippen molar-refractivity contribution in [3.63, 3.8) is 0 Å². The third-order valence-electron chi connectivity index (χ3n) is 4.26. The summed E-state index contributed by atoms with van der Waals surface area (Å²) in [5, 5.41) is 9.68. The van der Waals surface area contributed by atoms with Gasteiger partial charge in [-0.15, -0.1) is 6.58 Å². The molecule has 0 saturated carbocycles. The van der Waals surface area contributed by atoms with Gasteiger partial charge >= 0.3 is 0 Å². The number of aliphatic hydroxyl groups is 1. The van der Waals surface area contributed by atoms with Gasteiger partial charge in [-0.05, 0) is 24.8 Å². The molecule has 0 unspecified atom stereocenters. The van der Waals surface area contributed by atoms with Crippen LogP contribution in [0.3, 0.4) is 0 Å². The maximum Gasteiger partial charge on any atom is 0.248 e. The molecule has 0 aliphatic carbocycles. The Morgan fingerprint density at radius 2 is 2.18 bits per heavy atom. The van der Waals surface area contributed by atoms with E-state index in [-0.39, 0.29) is 24.5 Å². The number of allylic oxidation sites excluding steroid dienone is 1. The summed E-state index contributed by atoms with van der Waals surface area (Å²) in [6, 6.07) is 9.82. The Bertz CT molecular complexity index is 488. The summed E-state index contributed by atoms with van der Waals surface area (Å²) >= 11 is 0. The molecule has 1 atom stereocenters. The van der Waals surface area contributed by atoms with Crippen LogP contribution >= 0.6 is 0 Å². The zero-order chi connectivity index (χ0) is 15.8. The second-order valence-electron chi connectivity index (χ2n) is 6.05. The van der Waals surface area contributed by atoms with Crippen LogP contribution < -0.4 is 0 Å². The summed E-state index contributed by atoms with van der Waals surface area (Å²) in [5.41, 5.74) is 0.833. The van der Waals surface area contributed by atoms with Crippen LogP contribution in [0.25, 0.3) is 0 Å². The second kappa shape index (κ2) is 8.11. The Morgan fingerprint density at radius 3 is 2.86 bits per heavy atom. The molecule has 1 aliphatic rings. The standard InChI is InChI=1S/C18H25NO3/c1-2-9-18(15-20)10-6-11-19(14-18)17(21)13-22-12-16-7-4-3-5-8-16/h2-5,7-8,20H,1,6,9-15H2/t18-/m0/s1. The smallest absolute Gasteiger partial charge is 0.248 e. The van der Waals surface area contributed by atoms with Gasteiger partial charge in [-0.3, -0.25) is 4.79 Å². The Balaban J connectivity index is 1.82. The van der Waals surface area contributed by atoms with E-state index in [1.807, 2.05) is 41.3 Å². The van der Waals surface area contributed by atoms with Crippen molar-refractivity contribution in [1.82, 2.24) is 4.90 Å². The molecule has 1 saturated heterocycles. The molecule has 22 heavy (non-hydrogen) atoms. The van der Waals surface area contributed by atoms with Gasteiger partial charge in [0.05, 0.1) is 13.2 Å². The molecule has 1 aromatic rings. The average molecular weight is 303 g/mol. The van der Waals surface area contributed by atoms with E-state index in [2.05, 4.69) is 6.58 Å². The van der Waals surface area contributed by atoms with E-state index in [0.717, 1.165) is 31.4 Å². The number of hydrogen-bond donors (Lipinski definition) is 1. The minimum atomic E-state index is -0.227. The second-order valence-corrected chi connectivity index (χ2v) is 6.05. The number of likely N-dealkylation sites (tertiary alicyclic amines) is 1. The first-order chi connectivity index (χ1) is 10.7. The van der Waals surface area contributed by atoms with Crippen LogP contribution in [0.2, 0.25) is 0 Å². The van der Waals surface area contributed by atoms with Crippen LogP contribution in [0, 0.1) is 5.41 Å². The number of carbonyl (C=O) groups excluding carboxylic acids is 1. The Kier molecular flexibility index (Phi) is 6.16. The molecular weight excluding hydrogens is 278 g/mol. The third kappa shape index (κ3) is 4.42. The van der Waals surface area contributed by atoms with Crippen LogP contribution in [-0.2, 0) is 16.1 Å². The van der Waals surface area contributed by atoms with Crippen molar-refractivity contribution in [2.45, 2.75) is 25.9 Å². The highest BCUT2D eigenvalue weighted by molar-refractivity contribution is 5.77. The number of nitrogens with zero attached hydrogens (tertiary/aromatic N) is 1. The lowest BCUT2D eigenvalue weighted by Gasteiger charge is -2.41. The Hall–Kier alpha value is -1.65. The topological polar surface area (TPSA) is 49.8 Å². The average Bonchev–Trinajstić information content (AvgIpc) is 2.56. The fourth-order valence-electron chi connectivity index (χ4n) is 3.01. The van der Waals surface area contributed by atoms with E-state index in [0.29, 0.717) is 13.2 Å². The quantitative estimate of drug-likeness (QED) is 0.787. The Labute approximate surface area is 132 Å². The summed E-state index contributed by atoms with van der Waals surface area (Å²) in [6.07, 6.45) is 4.41. The SMILES string of the molecule is C=CC[C@]1(CO)CCCN(C(=O)COCc2ccccc2)C1.